The lowest BCUT2D eigenvalue weighted by atomic mass is 10.0. The van der Waals surface area contributed by atoms with Crippen molar-refractivity contribution in [2.24, 2.45) is 0 Å². The maximum Gasteiger partial charge on any atom is 0.472 e. The SMILES string of the molecule is CCCCC/C=C\C/C=C\C/C=C\CCCCCCCCC(=O)NC(COP(=O)(O)OCC[N+](C)(C)C)C(/C=C/CCCCCCCCCCCCC)OC(=O)CCCCCC/C=C\C/C=C\C/C=C\CCCCC. The van der Waals surface area contributed by atoms with Crippen LogP contribution in [-0.4, -0.2) is 74.3 Å². The van der Waals surface area contributed by atoms with Crippen molar-refractivity contribution >= 4 is 19.7 Å². The fraction of sp³-hybridized carbons (Fsp3) is 0.754. The molecule has 0 aromatic rings. The third-order valence-electron chi connectivity index (χ3n) is 13.3. The van der Waals surface area contributed by atoms with Crippen molar-refractivity contribution in [1.29, 1.82) is 0 Å². The van der Waals surface area contributed by atoms with Crippen LogP contribution in [0.4, 0.5) is 0 Å². The summed E-state index contributed by atoms with van der Waals surface area (Å²) < 4.78 is 30.7. The molecule has 0 saturated carbocycles. The molecule has 0 aliphatic rings. The van der Waals surface area contributed by atoms with Crippen LogP contribution in [0.25, 0.3) is 0 Å². The first-order valence-corrected chi connectivity index (χ1v) is 32.4. The molecular formula is C65H118N2O7P+. The Kier molecular flexibility index (Phi) is 52.5. The van der Waals surface area contributed by atoms with Gasteiger partial charge in [-0.3, -0.25) is 18.6 Å². The van der Waals surface area contributed by atoms with Gasteiger partial charge < -0.3 is 19.4 Å². The zero-order valence-corrected chi connectivity index (χ0v) is 50.4. The van der Waals surface area contributed by atoms with Crippen molar-refractivity contribution in [3.8, 4) is 0 Å². The summed E-state index contributed by atoms with van der Waals surface area (Å²) in [6.45, 7) is 6.93. The normalized spacial score (nSPS) is 14.3. The van der Waals surface area contributed by atoms with Gasteiger partial charge in [0.05, 0.1) is 33.8 Å². The van der Waals surface area contributed by atoms with Crippen molar-refractivity contribution in [2.75, 3.05) is 40.9 Å². The Labute approximate surface area is 463 Å². The van der Waals surface area contributed by atoms with Gasteiger partial charge in [0.25, 0.3) is 0 Å². The van der Waals surface area contributed by atoms with Crippen LogP contribution in [0.2, 0.25) is 0 Å². The first kappa shape index (κ1) is 72.2. The first-order valence-electron chi connectivity index (χ1n) is 30.9. The van der Waals surface area contributed by atoms with Crippen LogP contribution in [0.15, 0.2) is 85.1 Å². The highest BCUT2D eigenvalue weighted by Crippen LogP contribution is 2.43. The molecule has 0 rings (SSSR count). The van der Waals surface area contributed by atoms with E-state index >= 15 is 0 Å². The van der Waals surface area contributed by atoms with Crippen LogP contribution in [-0.2, 0) is 27.9 Å². The lowest BCUT2D eigenvalue weighted by Gasteiger charge is -2.27. The monoisotopic (exact) mass is 1070 g/mol. The number of hydrogen-bond acceptors (Lipinski definition) is 6. The van der Waals surface area contributed by atoms with Crippen LogP contribution in [0.5, 0.6) is 0 Å². The van der Waals surface area contributed by atoms with E-state index < -0.39 is 20.0 Å². The molecule has 0 aromatic heterocycles. The molecule has 434 valence electrons. The Balaban J connectivity index is 5.37. The smallest absolute Gasteiger partial charge is 0.456 e. The van der Waals surface area contributed by atoms with Crippen molar-refractivity contribution in [3.63, 3.8) is 0 Å². The quantitative estimate of drug-likeness (QED) is 0.0205. The Morgan fingerprint density at radius 2 is 0.813 bits per heavy atom. The molecule has 2 N–H and O–H groups in total. The zero-order valence-electron chi connectivity index (χ0n) is 49.5. The van der Waals surface area contributed by atoms with E-state index in [9.17, 15) is 19.0 Å². The van der Waals surface area contributed by atoms with Gasteiger partial charge in [0, 0.05) is 12.8 Å². The van der Waals surface area contributed by atoms with E-state index in [0.717, 1.165) is 109 Å². The molecule has 3 atom stereocenters. The molecule has 0 bridgehead atoms. The minimum atomic E-state index is -4.46. The van der Waals surface area contributed by atoms with Crippen molar-refractivity contribution in [3.05, 3.63) is 85.1 Å². The van der Waals surface area contributed by atoms with Crippen molar-refractivity contribution < 1.29 is 37.3 Å². The predicted molar refractivity (Wildman–Crippen MR) is 323 cm³/mol. The lowest BCUT2D eigenvalue weighted by Crippen LogP contribution is -2.47. The number of amides is 1. The van der Waals surface area contributed by atoms with Gasteiger partial charge in [0.2, 0.25) is 5.91 Å². The molecule has 0 spiro atoms. The number of phosphoric ester groups is 1. The van der Waals surface area contributed by atoms with E-state index in [2.05, 4.69) is 99.0 Å². The molecule has 0 aromatic carbocycles. The molecule has 75 heavy (non-hydrogen) atoms. The Morgan fingerprint density at radius 3 is 1.24 bits per heavy atom. The van der Waals surface area contributed by atoms with Gasteiger partial charge in [0.15, 0.2) is 0 Å². The van der Waals surface area contributed by atoms with Crippen molar-refractivity contribution in [2.45, 2.75) is 277 Å². The summed E-state index contributed by atoms with van der Waals surface area (Å²) in [4.78, 5) is 37.7. The number of unbranched alkanes of at least 4 members (excludes halogenated alkanes) is 27. The molecule has 0 saturated heterocycles. The van der Waals surface area contributed by atoms with E-state index in [1.807, 2.05) is 33.3 Å². The van der Waals surface area contributed by atoms with Gasteiger partial charge in [-0.1, -0.05) is 228 Å². The lowest BCUT2D eigenvalue weighted by molar-refractivity contribution is -0.870. The maximum absolute atomic E-state index is 13.5. The first-order chi connectivity index (χ1) is 36.4. The third-order valence-corrected chi connectivity index (χ3v) is 14.3. The topological polar surface area (TPSA) is 111 Å². The van der Waals surface area contributed by atoms with E-state index in [-0.39, 0.29) is 31.5 Å². The number of allylic oxidation sites excluding steroid dienone is 13. The van der Waals surface area contributed by atoms with Gasteiger partial charge >= 0.3 is 13.8 Å². The molecule has 0 aliphatic heterocycles. The summed E-state index contributed by atoms with van der Waals surface area (Å²) in [5.41, 5.74) is 0. The number of carbonyl (C=O) groups is 2. The number of carbonyl (C=O) groups excluding carboxylic acids is 2. The van der Waals surface area contributed by atoms with Crippen LogP contribution in [0.3, 0.4) is 0 Å². The van der Waals surface area contributed by atoms with Crippen LogP contribution in [0, 0.1) is 0 Å². The molecule has 9 nitrogen and oxygen atoms in total. The number of hydrogen-bond donors (Lipinski definition) is 2. The standard InChI is InChI=1S/C65H117N2O7P/c1-7-10-13-16-19-22-25-28-30-32-33-35-36-39-42-45-48-51-54-57-64(68)66-62(61-73-75(70,71)72-60-59-67(4,5)6)63(56-53-50-47-44-41-38-27-24-21-18-15-12-9-3)74-65(69)58-55-52-49-46-43-40-37-34-31-29-26-23-20-17-14-11-8-2/h19-20,22-23,28-31,33,35,37,40,53,56,62-63H,7-18,21,24-27,32,34,36,38-39,41-52,54-55,57-61H2,1-6H3,(H-,66,68,70,71)/p+1/b22-19-,23-20-,30-28-,31-29-,35-33-,40-37-,56-53+. The highest BCUT2D eigenvalue weighted by molar-refractivity contribution is 7.47. The second-order valence-electron chi connectivity index (χ2n) is 21.9. The molecule has 0 aliphatic carbocycles. The number of ether oxygens (including phenoxy) is 1. The van der Waals surface area contributed by atoms with E-state index in [0.29, 0.717) is 23.9 Å². The average Bonchev–Trinajstić information content (AvgIpc) is 3.37. The number of likely N-dealkylation sites (N-methyl/N-ethyl adjacent to an activating group) is 1. The molecule has 0 heterocycles. The van der Waals surface area contributed by atoms with Gasteiger partial charge in [0.1, 0.15) is 19.3 Å². The molecular weight excluding hydrogens is 952 g/mol. The Hall–Kier alpha value is -2.81. The van der Waals surface area contributed by atoms with Crippen LogP contribution >= 0.6 is 7.82 Å². The fourth-order valence-electron chi connectivity index (χ4n) is 8.48. The minimum Gasteiger partial charge on any atom is -0.456 e. The number of nitrogens with one attached hydrogen (secondary N) is 1. The second kappa shape index (κ2) is 54.5. The third kappa shape index (κ3) is 55.7. The molecule has 3 unspecified atom stereocenters. The van der Waals surface area contributed by atoms with Crippen molar-refractivity contribution in [1.82, 2.24) is 5.32 Å². The van der Waals surface area contributed by atoms with E-state index in [1.165, 1.54) is 116 Å². The molecule has 1 amide bonds. The molecule has 10 heteroatoms. The number of phosphoric acid groups is 1. The van der Waals surface area contributed by atoms with E-state index in [4.69, 9.17) is 13.8 Å². The van der Waals surface area contributed by atoms with Gasteiger partial charge in [-0.05, 0) is 109 Å². The highest BCUT2D eigenvalue weighted by Gasteiger charge is 2.30. The van der Waals surface area contributed by atoms with Crippen LogP contribution in [0.1, 0.15) is 265 Å². The number of rotatable bonds is 55. The maximum atomic E-state index is 13.5. The molecule has 0 fully saturated rings. The zero-order chi connectivity index (χ0) is 55.0. The number of quaternary nitrogens is 1. The van der Waals surface area contributed by atoms with E-state index in [1.54, 1.807) is 0 Å². The Bertz CT molecular complexity index is 1560. The molecule has 0 radical (unpaired) electrons. The fourth-order valence-corrected chi connectivity index (χ4v) is 9.22. The summed E-state index contributed by atoms with van der Waals surface area (Å²) in [6, 6.07) is -0.869. The largest absolute Gasteiger partial charge is 0.472 e. The summed E-state index contributed by atoms with van der Waals surface area (Å²) >= 11 is 0. The summed E-state index contributed by atoms with van der Waals surface area (Å²) in [7, 11) is 1.47. The summed E-state index contributed by atoms with van der Waals surface area (Å²) in [5, 5.41) is 3.04. The minimum absolute atomic E-state index is 0.0302. The van der Waals surface area contributed by atoms with Gasteiger partial charge in [-0.25, -0.2) is 4.57 Å². The highest BCUT2D eigenvalue weighted by atomic mass is 31.2. The number of esters is 1. The Morgan fingerprint density at radius 1 is 0.467 bits per heavy atom. The second-order valence-corrected chi connectivity index (χ2v) is 23.3. The number of nitrogens with zero attached hydrogens (tertiary/aromatic N) is 1. The predicted octanol–water partition coefficient (Wildman–Crippen LogP) is 19.0. The van der Waals surface area contributed by atoms with Gasteiger partial charge in [-0.2, -0.15) is 0 Å². The van der Waals surface area contributed by atoms with Gasteiger partial charge in [-0.15, -0.1) is 0 Å². The van der Waals surface area contributed by atoms with Crippen LogP contribution < -0.4 is 5.32 Å². The summed E-state index contributed by atoms with van der Waals surface area (Å²) in [6.07, 6.45) is 71.4. The summed E-state index contributed by atoms with van der Waals surface area (Å²) in [5.74, 6) is -0.545. The average molecular weight is 1070 g/mol.